The predicted octanol–water partition coefficient (Wildman–Crippen LogP) is 3.43. The standard InChI is InChI=1S/C14H25NO2/c1-12(2,3)14(13(4,5)6)10-8-7-9-15(10)11(16)17-14/h10H,7-9H2,1-6H3. The second-order valence-electron chi connectivity index (χ2n) is 7.46. The van der Waals surface area contributed by atoms with Crippen LogP contribution in [0.15, 0.2) is 0 Å². The summed E-state index contributed by atoms with van der Waals surface area (Å²) in [6, 6.07) is 0.245. The third-order valence-corrected chi connectivity index (χ3v) is 4.43. The minimum absolute atomic E-state index is 0.0509. The van der Waals surface area contributed by atoms with Gasteiger partial charge in [-0.1, -0.05) is 41.5 Å². The lowest BCUT2D eigenvalue weighted by molar-refractivity contribution is -0.131. The monoisotopic (exact) mass is 239 g/mol. The van der Waals surface area contributed by atoms with Crippen molar-refractivity contribution in [3.63, 3.8) is 0 Å². The molecule has 2 fully saturated rings. The molecule has 2 aliphatic rings. The van der Waals surface area contributed by atoms with Crippen LogP contribution in [0, 0.1) is 10.8 Å². The summed E-state index contributed by atoms with van der Waals surface area (Å²) in [4.78, 5) is 14.0. The van der Waals surface area contributed by atoms with Gasteiger partial charge in [-0.2, -0.15) is 0 Å². The van der Waals surface area contributed by atoms with E-state index in [1.165, 1.54) is 0 Å². The molecule has 2 saturated heterocycles. The van der Waals surface area contributed by atoms with Gasteiger partial charge in [-0.25, -0.2) is 4.79 Å². The Morgan fingerprint density at radius 3 is 2.18 bits per heavy atom. The molecule has 1 atom stereocenters. The van der Waals surface area contributed by atoms with Gasteiger partial charge in [0.15, 0.2) is 0 Å². The summed E-state index contributed by atoms with van der Waals surface area (Å²) in [5.41, 5.74) is -0.483. The molecular weight excluding hydrogens is 214 g/mol. The molecular formula is C14H25NO2. The summed E-state index contributed by atoms with van der Waals surface area (Å²) in [5.74, 6) is 0. The van der Waals surface area contributed by atoms with Crippen LogP contribution >= 0.6 is 0 Å². The van der Waals surface area contributed by atoms with E-state index < -0.39 is 0 Å². The fourth-order valence-electron chi connectivity index (χ4n) is 4.10. The highest BCUT2D eigenvalue weighted by Crippen LogP contribution is 2.56. The van der Waals surface area contributed by atoms with Gasteiger partial charge in [-0.15, -0.1) is 0 Å². The summed E-state index contributed by atoms with van der Waals surface area (Å²) in [5, 5.41) is 0. The van der Waals surface area contributed by atoms with Gasteiger partial charge in [0.25, 0.3) is 0 Å². The van der Waals surface area contributed by atoms with Gasteiger partial charge in [0.1, 0.15) is 5.60 Å². The molecule has 0 bridgehead atoms. The Morgan fingerprint density at radius 1 is 1.18 bits per heavy atom. The first-order valence-corrected chi connectivity index (χ1v) is 6.61. The maximum atomic E-state index is 12.1. The predicted molar refractivity (Wildman–Crippen MR) is 67.9 cm³/mol. The maximum absolute atomic E-state index is 12.1. The zero-order chi connectivity index (χ0) is 13.1. The molecule has 1 amide bonds. The molecule has 0 radical (unpaired) electrons. The van der Waals surface area contributed by atoms with Crippen molar-refractivity contribution < 1.29 is 9.53 Å². The van der Waals surface area contributed by atoms with Crippen molar-refractivity contribution in [1.29, 1.82) is 0 Å². The summed E-state index contributed by atoms with van der Waals surface area (Å²) < 4.78 is 5.93. The van der Waals surface area contributed by atoms with Crippen LogP contribution in [0.5, 0.6) is 0 Å². The lowest BCUT2D eigenvalue weighted by Crippen LogP contribution is -2.60. The van der Waals surface area contributed by atoms with Crippen molar-refractivity contribution in [2.75, 3.05) is 6.54 Å². The van der Waals surface area contributed by atoms with Crippen LogP contribution in [0.4, 0.5) is 4.79 Å². The number of hydrogen-bond acceptors (Lipinski definition) is 2. The quantitative estimate of drug-likeness (QED) is 0.648. The Balaban J connectivity index is 2.53. The first kappa shape index (κ1) is 12.7. The molecule has 17 heavy (non-hydrogen) atoms. The lowest BCUT2D eigenvalue weighted by atomic mass is 9.59. The first-order chi connectivity index (χ1) is 7.61. The van der Waals surface area contributed by atoms with Gasteiger partial charge in [0.2, 0.25) is 0 Å². The molecule has 0 N–H and O–H groups in total. The smallest absolute Gasteiger partial charge is 0.410 e. The van der Waals surface area contributed by atoms with Crippen molar-refractivity contribution in [3.05, 3.63) is 0 Å². The Labute approximate surface area is 105 Å². The zero-order valence-electron chi connectivity index (χ0n) is 12.0. The minimum Gasteiger partial charge on any atom is -0.439 e. The molecule has 0 aromatic carbocycles. The van der Waals surface area contributed by atoms with E-state index in [0.717, 1.165) is 19.4 Å². The molecule has 1 unspecified atom stereocenters. The third-order valence-electron chi connectivity index (χ3n) is 4.43. The highest BCUT2D eigenvalue weighted by molar-refractivity contribution is 5.72. The van der Waals surface area contributed by atoms with Crippen LogP contribution in [-0.2, 0) is 4.74 Å². The number of carbonyl (C=O) groups excluding carboxylic acids is 1. The number of nitrogens with zero attached hydrogens (tertiary/aromatic N) is 1. The summed E-state index contributed by atoms with van der Waals surface area (Å²) in [7, 11) is 0. The number of carbonyl (C=O) groups is 1. The van der Waals surface area contributed by atoms with Gasteiger partial charge in [0.05, 0.1) is 6.04 Å². The molecule has 3 heteroatoms. The average molecular weight is 239 g/mol. The molecule has 3 nitrogen and oxygen atoms in total. The molecule has 0 aromatic heterocycles. The van der Waals surface area contributed by atoms with E-state index in [9.17, 15) is 4.79 Å². The minimum atomic E-state index is -0.381. The van der Waals surface area contributed by atoms with Gasteiger partial charge in [-0.05, 0) is 12.8 Å². The fourth-order valence-corrected chi connectivity index (χ4v) is 4.10. The largest absolute Gasteiger partial charge is 0.439 e. The van der Waals surface area contributed by atoms with E-state index in [1.54, 1.807) is 0 Å². The van der Waals surface area contributed by atoms with Crippen LogP contribution in [0.3, 0.4) is 0 Å². The van der Waals surface area contributed by atoms with Crippen LogP contribution in [-0.4, -0.2) is 29.2 Å². The molecule has 2 heterocycles. The molecule has 0 spiro atoms. The second-order valence-corrected chi connectivity index (χ2v) is 7.46. The molecule has 98 valence electrons. The van der Waals surface area contributed by atoms with E-state index in [0.29, 0.717) is 0 Å². The van der Waals surface area contributed by atoms with Crippen molar-refractivity contribution in [2.24, 2.45) is 10.8 Å². The van der Waals surface area contributed by atoms with Crippen molar-refractivity contribution in [2.45, 2.75) is 66.0 Å². The molecule has 0 aromatic rings. The molecule has 2 rings (SSSR count). The Kier molecular flexibility index (Phi) is 2.54. The van der Waals surface area contributed by atoms with Crippen molar-refractivity contribution in [3.8, 4) is 0 Å². The fraction of sp³-hybridized carbons (Fsp3) is 0.929. The van der Waals surface area contributed by atoms with Crippen molar-refractivity contribution >= 4 is 6.09 Å². The maximum Gasteiger partial charge on any atom is 0.410 e. The summed E-state index contributed by atoms with van der Waals surface area (Å²) in [6.07, 6.45) is 2.06. The number of cyclic esters (lactones) is 1. The number of hydrogen-bond donors (Lipinski definition) is 0. The number of ether oxygens (including phenoxy) is 1. The first-order valence-electron chi connectivity index (χ1n) is 6.61. The second kappa shape index (κ2) is 3.39. The topological polar surface area (TPSA) is 29.5 Å². The average Bonchev–Trinajstić information content (AvgIpc) is 2.64. The van der Waals surface area contributed by atoms with Gasteiger partial charge in [0, 0.05) is 17.4 Å². The van der Waals surface area contributed by atoms with Crippen LogP contribution in [0.25, 0.3) is 0 Å². The summed E-state index contributed by atoms with van der Waals surface area (Å²) in [6.45, 7) is 14.0. The summed E-state index contributed by atoms with van der Waals surface area (Å²) >= 11 is 0. The number of fused-ring (bicyclic) bond motifs is 1. The van der Waals surface area contributed by atoms with E-state index in [-0.39, 0.29) is 28.6 Å². The van der Waals surface area contributed by atoms with Gasteiger partial charge >= 0.3 is 6.09 Å². The zero-order valence-corrected chi connectivity index (χ0v) is 12.0. The normalized spacial score (nSPS) is 28.2. The number of amides is 1. The Bertz CT molecular complexity index is 321. The number of rotatable bonds is 0. The lowest BCUT2D eigenvalue weighted by Gasteiger charge is -2.51. The van der Waals surface area contributed by atoms with Gasteiger partial charge in [-0.3, -0.25) is 0 Å². The highest BCUT2D eigenvalue weighted by atomic mass is 16.6. The van der Waals surface area contributed by atoms with Crippen LogP contribution < -0.4 is 0 Å². The Morgan fingerprint density at radius 2 is 1.71 bits per heavy atom. The molecule has 0 aliphatic carbocycles. The molecule has 0 saturated carbocycles. The third kappa shape index (κ3) is 1.50. The van der Waals surface area contributed by atoms with E-state index >= 15 is 0 Å². The van der Waals surface area contributed by atoms with E-state index in [4.69, 9.17) is 4.74 Å². The highest BCUT2D eigenvalue weighted by Gasteiger charge is 2.66. The van der Waals surface area contributed by atoms with E-state index in [1.807, 2.05) is 4.90 Å². The molecule has 2 aliphatic heterocycles. The SMILES string of the molecule is CC(C)(C)C1(C(C)(C)C)OC(=O)N2CCCC21. The van der Waals surface area contributed by atoms with E-state index in [2.05, 4.69) is 41.5 Å². The van der Waals surface area contributed by atoms with Crippen LogP contribution in [0.1, 0.15) is 54.4 Å². The van der Waals surface area contributed by atoms with Gasteiger partial charge < -0.3 is 9.64 Å². The van der Waals surface area contributed by atoms with Crippen molar-refractivity contribution in [1.82, 2.24) is 4.90 Å². The Hall–Kier alpha value is -0.730. The van der Waals surface area contributed by atoms with Crippen LogP contribution in [0.2, 0.25) is 0 Å².